The van der Waals surface area contributed by atoms with Gasteiger partial charge in [0.2, 0.25) is 0 Å². The van der Waals surface area contributed by atoms with Crippen molar-refractivity contribution in [2.75, 3.05) is 18.0 Å². The summed E-state index contributed by atoms with van der Waals surface area (Å²) in [6.07, 6.45) is -3.12. The number of nitrogens with zero attached hydrogens (tertiary/aromatic N) is 4. The number of hydrogen-bond acceptors (Lipinski definition) is 5. The maximum absolute atomic E-state index is 14.0. The van der Waals surface area contributed by atoms with Gasteiger partial charge in [-0.3, -0.25) is 0 Å². The molecule has 3 heterocycles. The summed E-state index contributed by atoms with van der Waals surface area (Å²) < 4.78 is 70.6. The lowest BCUT2D eigenvalue weighted by Crippen LogP contribution is -2.24. The van der Waals surface area contributed by atoms with Crippen molar-refractivity contribution >= 4 is 17.4 Å². The Morgan fingerprint density at radius 1 is 1.46 bits per heavy atom. The molecule has 2 aromatic heterocycles. The fraction of sp³-hybridized carbons (Fsp3) is 0.316. The molecule has 0 saturated carbocycles. The van der Waals surface area contributed by atoms with Crippen molar-refractivity contribution < 1.29 is 22.1 Å². The molecular weight excluding hydrogens is 335 g/mol. The summed E-state index contributed by atoms with van der Waals surface area (Å²) in [6, 6.07) is 4.72. The average Bonchev–Trinajstić information content (AvgIpc) is 3.18. The molecule has 1 saturated heterocycles. The molecule has 6 nitrogen and oxygen atoms in total. The highest BCUT2D eigenvalue weighted by atomic mass is 19.1. The number of rotatable bonds is 4. The quantitative estimate of drug-likeness (QED) is 0.668. The number of hydrogen-bond donors (Lipinski definition) is 0. The van der Waals surface area contributed by atoms with E-state index >= 15 is 0 Å². The van der Waals surface area contributed by atoms with Crippen LogP contribution in [0.5, 0.6) is 0 Å². The lowest BCUT2D eigenvalue weighted by Gasteiger charge is -2.26. The first-order valence-corrected chi connectivity index (χ1v) is 8.00. The molecule has 1 aliphatic heterocycles. The van der Waals surface area contributed by atoms with Crippen molar-refractivity contribution in [1.82, 2.24) is 14.6 Å². The Balaban J connectivity index is 1.94. The summed E-state index contributed by atoms with van der Waals surface area (Å²) in [5.74, 6) is -1.51. The highest BCUT2D eigenvalue weighted by Gasteiger charge is 2.28. The second kappa shape index (κ2) is 6.74. The van der Waals surface area contributed by atoms with Crippen molar-refractivity contribution in [2.45, 2.75) is 25.7 Å². The van der Waals surface area contributed by atoms with E-state index in [1.54, 1.807) is 6.92 Å². The van der Waals surface area contributed by atoms with Gasteiger partial charge in [-0.2, -0.15) is 5.10 Å². The van der Waals surface area contributed by atoms with Gasteiger partial charge >= 0.3 is 5.97 Å². The number of ether oxygens (including phenoxy) is 1. The van der Waals surface area contributed by atoms with E-state index in [2.05, 4.69) is 10.1 Å². The molecule has 134 valence electrons. The molecule has 1 unspecified atom stereocenters. The maximum atomic E-state index is 14.0. The van der Waals surface area contributed by atoms with Crippen LogP contribution in [0.4, 0.5) is 10.2 Å². The van der Waals surface area contributed by atoms with E-state index in [-0.39, 0.29) is 29.2 Å². The van der Waals surface area contributed by atoms with E-state index in [1.165, 1.54) is 35.1 Å². The second-order valence-electron chi connectivity index (χ2n) is 5.54. The molecule has 0 aliphatic carbocycles. The van der Waals surface area contributed by atoms with Gasteiger partial charge < -0.3 is 9.64 Å². The summed E-state index contributed by atoms with van der Waals surface area (Å²) in [4.78, 5) is 17.4. The minimum absolute atomic E-state index is 0.0155. The fourth-order valence-electron chi connectivity index (χ4n) is 2.73. The first-order chi connectivity index (χ1) is 14.9. The van der Waals surface area contributed by atoms with E-state index in [0.29, 0.717) is 0 Å². The Kier molecular flexibility index (Phi) is 2.83. The van der Waals surface area contributed by atoms with Crippen LogP contribution in [0.25, 0.3) is 5.65 Å². The number of carbonyl (C=O) groups excluding carboxylic acids is 1. The standard InChI is InChI=1S/C19H19FN4O2/c1-2-26-19(25)15-12-21-24-10-8-17(22-18(15)24)23-9-4-7-16(23)13-5-3-6-14(20)11-13/h3,5-6,8,10-12,16H,2,4,7,9H2,1H3/i4D2,7D2,9D2. The van der Waals surface area contributed by atoms with Crippen molar-refractivity contribution in [1.29, 1.82) is 0 Å². The number of esters is 1. The van der Waals surface area contributed by atoms with Gasteiger partial charge in [0.05, 0.1) is 18.8 Å². The number of carbonyl (C=O) groups is 1. The van der Waals surface area contributed by atoms with E-state index in [9.17, 15) is 9.18 Å². The van der Waals surface area contributed by atoms with Gasteiger partial charge in [0.25, 0.3) is 0 Å². The molecule has 1 fully saturated rings. The Morgan fingerprint density at radius 2 is 2.35 bits per heavy atom. The molecule has 0 amide bonds. The molecule has 0 radical (unpaired) electrons. The van der Waals surface area contributed by atoms with Gasteiger partial charge in [0.1, 0.15) is 17.2 Å². The first-order valence-electron chi connectivity index (χ1n) is 11.0. The monoisotopic (exact) mass is 360 g/mol. The van der Waals surface area contributed by atoms with Crippen LogP contribution >= 0.6 is 0 Å². The third-order valence-electron chi connectivity index (χ3n) is 3.90. The van der Waals surface area contributed by atoms with Gasteiger partial charge in [-0.1, -0.05) is 12.1 Å². The van der Waals surface area contributed by atoms with Crippen LogP contribution < -0.4 is 4.90 Å². The third-order valence-corrected chi connectivity index (χ3v) is 3.90. The van der Waals surface area contributed by atoms with Crippen molar-refractivity contribution in [3.05, 3.63) is 59.7 Å². The number of halogens is 1. The molecular formula is C19H19FN4O2. The smallest absolute Gasteiger partial charge is 0.343 e. The highest BCUT2D eigenvalue weighted by Crippen LogP contribution is 2.35. The molecule has 0 N–H and O–H groups in total. The zero-order chi connectivity index (χ0) is 23.5. The predicted octanol–water partition coefficient (Wildman–Crippen LogP) is 3.39. The van der Waals surface area contributed by atoms with Crippen LogP contribution in [0.15, 0.2) is 42.7 Å². The number of fused-ring (bicyclic) bond motifs is 1. The molecule has 7 heteroatoms. The summed E-state index contributed by atoms with van der Waals surface area (Å²) in [7, 11) is 0. The van der Waals surface area contributed by atoms with Crippen LogP contribution in [-0.2, 0) is 4.74 Å². The highest BCUT2D eigenvalue weighted by molar-refractivity contribution is 5.95. The van der Waals surface area contributed by atoms with E-state index in [1.807, 2.05) is 0 Å². The van der Waals surface area contributed by atoms with Crippen LogP contribution in [0.3, 0.4) is 0 Å². The van der Waals surface area contributed by atoms with Crippen molar-refractivity contribution in [2.24, 2.45) is 0 Å². The Labute approximate surface area is 158 Å². The normalized spacial score (nSPS) is 26.2. The SMILES string of the molecule is [2H]C1([2H])C(c2cccc(F)c2)N(c2ccn3ncc(C(=O)OCC)c3n2)C([2H])([2H])C1([2H])[2H]. The predicted molar refractivity (Wildman–Crippen MR) is 94.7 cm³/mol. The Bertz CT molecular complexity index is 1200. The van der Waals surface area contributed by atoms with Gasteiger partial charge in [-0.25, -0.2) is 18.7 Å². The molecule has 26 heavy (non-hydrogen) atoms. The number of anilines is 1. The fourth-order valence-corrected chi connectivity index (χ4v) is 2.73. The van der Waals surface area contributed by atoms with E-state index < -0.39 is 37.1 Å². The molecule has 1 aliphatic rings. The van der Waals surface area contributed by atoms with E-state index in [4.69, 9.17) is 13.0 Å². The molecule has 1 aromatic carbocycles. The maximum Gasteiger partial charge on any atom is 0.343 e. The summed E-state index contributed by atoms with van der Waals surface area (Å²) in [5.41, 5.74) is 0.0885. The van der Waals surface area contributed by atoms with E-state index in [0.717, 1.165) is 17.0 Å². The minimum Gasteiger partial charge on any atom is -0.462 e. The average molecular weight is 360 g/mol. The molecule has 4 rings (SSSR count). The molecule has 0 bridgehead atoms. The molecule has 0 spiro atoms. The second-order valence-corrected chi connectivity index (χ2v) is 5.54. The zero-order valence-corrected chi connectivity index (χ0v) is 13.8. The lowest BCUT2D eigenvalue weighted by atomic mass is 10.0. The van der Waals surface area contributed by atoms with Crippen LogP contribution in [-0.4, -0.2) is 33.7 Å². The Morgan fingerprint density at radius 3 is 3.15 bits per heavy atom. The largest absolute Gasteiger partial charge is 0.462 e. The summed E-state index contributed by atoms with van der Waals surface area (Å²) in [6.45, 7) is -1.12. The van der Waals surface area contributed by atoms with Gasteiger partial charge in [0.15, 0.2) is 5.65 Å². The van der Waals surface area contributed by atoms with Gasteiger partial charge in [-0.05, 0) is 43.4 Å². The lowest BCUT2D eigenvalue weighted by molar-refractivity contribution is 0.0528. The zero-order valence-electron chi connectivity index (χ0n) is 19.8. The minimum atomic E-state index is -2.99. The summed E-state index contributed by atoms with van der Waals surface area (Å²) in [5, 5.41) is 4.02. The third kappa shape index (κ3) is 2.89. The number of benzene rings is 1. The first kappa shape index (κ1) is 10.9. The number of aromatic nitrogens is 3. The van der Waals surface area contributed by atoms with Gasteiger partial charge in [0, 0.05) is 20.9 Å². The molecule has 1 atom stereocenters. The Hall–Kier alpha value is -2.96. The topological polar surface area (TPSA) is 59.7 Å². The summed E-state index contributed by atoms with van der Waals surface area (Å²) >= 11 is 0. The van der Waals surface area contributed by atoms with Crippen LogP contribution in [0.2, 0.25) is 0 Å². The van der Waals surface area contributed by atoms with Crippen molar-refractivity contribution in [3.63, 3.8) is 0 Å². The molecule has 3 aromatic rings. The van der Waals surface area contributed by atoms with Crippen LogP contribution in [0.1, 0.15) is 49.9 Å². The van der Waals surface area contributed by atoms with Crippen LogP contribution in [0, 0.1) is 5.82 Å². The van der Waals surface area contributed by atoms with Crippen molar-refractivity contribution in [3.8, 4) is 0 Å². The van der Waals surface area contributed by atoms with Gasteiger partial charge in [-0.15, -0.1) is 0 Å².